The van der Waals surface area contributed by atoms with Crippen LogP contribution in [0.5, 0.6) is 0 Å². The summed E-state index contributed by atoms with van der Waals surface area (Å²) in [4.78, 5) is 18.8. The molecule has 0 aliphatic carbocycles. The van der Waals surface area contributed by atoms with Gasteiger partial charge in [0.25, 0.3) is 0 Å². The van der Waals surface area contributed by atoms with Crippen LogP contribution in [0.3, 0.4) is 0 Å². The van der Waals surface area contributed by atoms with Gasteiger partial charge >= 0.3 is 6.03 Å². The van der Waals surface area contributed by atoms with E-state index in [4.69, 9.17) is 0 Å². The first kappa shape index (κ1) is 18.3. The normalized spacial score (nSPS) is 17.9. The van der Waals surface area contributed by atoms with Crippen LogP contribution in [0.15, 0.2) is 29.2 Å². The number of likely N-dealkylation sites (tertiary alicyclic amines) is 1. The summed E-state index contributed by atoms with van der Waals surface area (Å²) in [6, 6.07) is 5.90. The quantitative estimate of drug-likeness (QED) is 0.743. The Morgan fingerprint density at radius 2 is 2.19 bits per heavy atom. The molecule has 1 atom stereocenters. The number of piperidine rings is 1. The molecule has 10 heteroatoms. The van der Waals surface area contributed by atoms with Crippen LogP contribution in [0.4, 0.5) is 10.5 Å². The predicted octanol–water partition coefficient (Wildman–Crippen LogP) is 1.43. The molecule has 1 aromatic heterocycles. The molecule has 9 nitrogen and oxygen atoms in total. The number of nitrogens with one attached hydrogen (secondary N) is 3. The number of carbonyl (C=O) groups is 1. The molecule has 0 bridgehead atoms. The number of benzene rings is 1. The van der Waals surface area contributed by atoms with Gasteiger partial charge in [0.1, 0.15) is 5.82 Å². The van der Waals surface area contributed by atoms with Gasteiger partial charge in [-0.25, -0.2) is 22.9 Å². The number of hydrogen-bond acceptors (Lipinski definition) is 5. The Labute approximate surface area is 152 Å². The molecule has 0 unspecified atom stereocenters. The Morgan fingerprint density at radius 3 is 2.88 bits per heavy atom. The minimum absolute atomic E-state index is 0.0930. The number of nitrogens with zero attached hydrogens (tertiary/aromatic N) is 3. The molecule has 1 fully saturated rings. The van der Waals surface area contributed by atoms with Crippen LogP contribution in [-0.4, -0.2) is 54.7 Å². The molecule has 0 saturated carbocycles. The highest BCUT2D eigenvalue weighted by molar-refractivity contribution is 7.89. The molecule has 2 heterocycles. The van der Waals surface area contributed by atoms with Gasteiger partial charge < -0.3 is 10.2 Å². The van der Waals surface area contributed by atoms with Crippen molar-refractivity contribution in [3.63, 3.8) is 0 Å². The first-order valence-electron chi connectivity index (χ1n) is 8.37. The lowest BCUT2D eigenvalue weighted by Gasteiger charge is -2.31. The number of urea groups is 1. The van der Waals surface area contributed by atoms with Crippen molar-refractivity contribution in [3.8, 4) is 0 Å². The van der Waals surface area contributed by atoms with Gasteiger partial charge in [-0.3, -0.25) is 5.10 Å². The molecule has 0 spiro atoms. The van der Waals surface area contributed by atoms with Crippen molar-refractivity contribution in [2.75, 3.05) is 25.5 Å². The Balaban J connectivity index is 1.69. The van der Waals surface area contributed by atoms with Crippen LogP contribution < -0.4 is 10.0 Å². The van der Waals surface area contributed by atoms with Crippen molar-refractivity contribution >= 4 is 21.7 Å². The summed E-state index contributed by atoms with van der Waals surface area (Å²) in [5.74, 6) is 1.57. The largest absolute Gasteiger partial charge is 0.324 e. The third kappa shape index (κ3) is 4.02. The monoisotopic (exact) mass is 378 g/mol. The number of aromatic nitrogens is 3. The summed E-state index contributed by atoms with van der Waals surface area (Å²) < 4.78 is 26.0. The van der Waals surface area contributed by atoms with E-state index in [0.29, 0.717) is 18.8 Å². The van der Waals surface area contributed by atoms with Gasteiger partial charge in [-0.1, -0.05) is 6.07 Å². The van der Waals surface area contributed by atoms with Gasteiger partial charge in [0.05, 0.1) is 4.90 Å². The number of aromatic amines is 1. The van der Waals surface area contributed by atoms with Gasteiger partial charge in [-0.15, -0.1) is 0 Å². The molecule has 1 aromatic carbocycles. The van der Waals surface area contributed by atoms with Crippen molar-refractivity contribution in [2.45, 2.75) is 30.6 Å². The lowest BCUT2D eigenvalue weighted by Crippen LogP contribution is -2.41. The molecular formula is C16H22N6O3S. The third-order valence-electron chi connectivity index (χ3n) is 4.35. The number of sulfonamides is 1. The van der Waals surface area contributed by atoms with Gasteiger partial charge in [0.15, 0.2) is 5.82 Å². The van der Waals surface area contributed by atoms with E-state index in [9.17, 15) is 13.2 Å². The van der Waals surface area contributed by atoms with Crippen LogP contribution >= 0.6 is 0 Å². The molecule has 26 heavy (non-hydrogen) atoms. The van der Waals surface area contributed by atoms with Gasteiger partial charge in [0, 0.05) is 24.7 Å². The zero-order chi connectivity index (χ0) is 18.7. The van der Waals surface area contributed by atoms with Crippen molar-refractivity contribution in [1.29, 1.82) is 0 Å². The van der Waals surface area contributed by atoms with E-state index in [0.717, 1.165) is 24.5 Å². The zero-order valence-corrected chi connectivity index (χ0v) is 15.5. The standard InChI is InChI=1S/C16H22N6O3S/c1-11-18-15(21-20-11)12-5-4-8-22(10-12)16(23)19-13-6-3-7-14(9-13)26(24,25)17-2/h3,6-7,9,12,17H,4-5,8,10H2,1-2H3,(H,19,23)(H,18,20,21)/t12-/m0/s1. The fourth-order valence-corrected chi connectivity index (χ4v) is 3.75. The second kappa shape index (κ2) is 7.42. The first-order chi connectivity index (χ1) is 12.4. The molecule has 1 aliphatic heterocycles. The Hall–Kier alpha value is -2.46. The summed E-state index contributed by atoms with van der Waals surface area (Å²) in [6.07, 6.45) is 1.79. The van der Waals surface area contributed by atoms with E-state index in [1.807, 2.05) is 6.92 Å². The molecule has 1 aliphatic rings. The lowest BCUT2D eigenvalue weighted by atomic mass is 9.98. The number of H-pyrrole nitrogens is 1. The molecule has 0 radical (unpaired) electrons. The second-order valence-electron chi connectivity index (χ2n) is 6.23. The van der Waals surface area contributed by atoms with Crippen LogP contribution in [0.25, 0.3) is 0 Å². The van der Waals surface area contributed by atoms with Crippen LogP contribution in [0.2, 0.25) is 0 Å². The maximum atomic E-state index is 12.6. The summed E-state index contributed by atoms with van der Waals surface area (Å²) in [5.41, 5.74) is 0.433. The van der Waals surface area contributed by atoms with Crippen molar-refractivity contribution < 1.29 is 13.2 Å². The average Bonchev–Trinajstić information content (AvgIpc) is 3.08. The Bertz CT molecular complexity index is 895. The zero-order valence-electron chi connectivity index (χ0n) is 14.7. The maximum Gasteiger partial charge on any atom is 0.321 e. The van der Waals surface area contributed by atoms with E-state index in [1.54, 1.807) is 17.0 Å². The molecule has 140 valence electrons. The number of anilines is 1. The minimum Gasteiger partial charge on any atom is -0.324 e. The molecule has 2 aromatic rings. The van der Waals surface area contributed by atoms with Gasteiger partial charge in [-0.2, -0.15) is 5.10 Å². The first-order valence-corrected chi connectivity index (χ1v) is 9.86. The number of aryl methyl sites for hydroxylation is 1. The van der Waals surface area contributed by atoms with Crippen molar-refractivity contribution in [2.24, 2.45) is 0 Å². The SMILES string of the molecule is CNS(=O)(=O)c1cccc(NC(=O)N2CCC[C@H](c3n[nH]c(C)n3)C2)c1. The van der Waals surface area contributed by atoms with Gasteiger partial charge in [-0.05, 0) is 45.0 Å². The van der Waals surface area contributed by atoms with E-state index < -0.39 is 10.0 Å². The second-order valence-corrected chi connectivity index (χ2v) is 8.12. The molecular weight excluding hydrogens is 356 g/mol. The Morgan fingerprint density at radius 1 is 1.38 bits per heavy atom. The molecule has 2 amide bonds. The highest BCUT2D eigenvalue weighted by Crippen LogP contribution is 2.25. The maximum absolute atomic E-state index is 12.6. The fourth-order valence-electron chi connectivity index (χ4n) is 2.98. The lowest BCUT2D eigenvalue weighted by molar-refractivity contribution is 0.191. The van der Waals surface area contributed by atoms with Crippen molar-refractivity contribution in [1.82, 2.24) is 24.8 Å². The smallest absolute Gasteiger partial charge is 0.321 e. The number of carbonyl (C=O) groups excluding carboxylic acids is 1. The van der Waals surface area contributed by atoms with Crippen LogP contribution in [-0.2, 0) is 10.0 Å². The molecule has 1 saturated heterocycles. The van der Waals surface area contributed by atoms with Crippen LogP contribution in [0.1, 0.15) is 30.4 Å². The summed E-state index contributed by atoms with van der Waals surface area (Å²) in [7, 11) is -2.21. The third-order valence-corrected chi connectivity index (χ3v) is 5.76. The Kier molecular flexibility index (Phi) is 5.23. The highest BCUT2D eigenvalue weighted by atomic mass is 32.2. The summed E-state index contributed by atoms with van der Waals surface area (Å²) >= 11 is 0. The number of rotatable bonds is 4. The molecule has 3 N–H and O–H groups in total. The number of amides is 2. The van der Waals surface area contributed by atoms with Crippen LogP contribution in [0, 0.1) is 6.92 Å². The van der Waals surface area contributed by atoms with Crippen molar-refractivity contribution in [3.05, 3.63) is 35.9 Å². The summed E-state index contributed by atoms with van der Waals surface area (Å²) in [6.45, 7) is 3.01. The summed E-state index contributed by atoms with van der Waals surface area (Å²) in [5, 5.41) is 9.80. The van der Waals surface area contributed by atoms with E-state index in [1.165, 1.54) is 19.2 Å². The van der Waals surface area contributed by atoms with Gasteiger partial charge in [0.2, 0.25) is 10.0 Å². The van der Waals surface area contributed by atoms with E-state index >= 15 is 0 Å². The predicted molar refractivity (Wildman–Crippen MR) is 96.4 cm³/mol. The van der Waals surface area contributed by atoms with E-state index in [2.05, 4.69) is 25.2 Å². The fraction of sp³-hybridized carbons (Fsp3) is 0.438. The number of hydrogen-bond donors (Lipinski definition) is 3. The van der Waals surface area contributed by atoms with E-state index in [-0.39, 0.29) is 16.8 Å². The minimum atomic E-state index is -3.56. The topological polar surface area (TPSA) is 120 Å². The average molecular weight is 378 g/mol. The molecule has 3 rings (SSSR count). The highest BCUT2D eigenvalue weighted by Gasteiger charge is 2.27.